The summed E-state index contributed by atoms with van der Waals surface area (Å²) in [5.41, 5.74) is 1.77. The topological polar surface area (TPSA) is 54.5 Å². The van der Waals surface area contributed by atoms with E-state index in [4.69, 9.17) is 10.7 Å². The Morgan fingerprint density at radius 3 is 2.52 bits per heavy atom. The van der Waals surface area contributed by atoms with Gasteiger partial charge in [0.05, 0.1) is 4.90 Å². The summed E-state index contributed by atoms with van der Waals surface area (Å²) in [5.74, 6) is 0.431. The van der Waals surface area contributed by atoms with E-state index < -0.39 is 9.05 Å². The van der Waals surface area contributed by atoms with Crippen molar-refractivity contribution in [2.75, 3.05) is 13.1 Å². The van der Waals surface area contributed by atoms with Crippen molar-refractivity contribution < 1.29 is 13.2 Å². The van der Waals surface area contributed by atoms with E-state index in [1.165, 1.54) is 6.07 Å². The van der Waals surface area contributed by atoms with Gasteiger partial charge >= 0.3 is 0 Å². The fraction of sp³-hybridized carbons (Fsp3) is 0.533. The zero-order chi connectivity index (χ0) is 15.8. The molecule has 1 aliphatic heterocycles. The maximum atomic E-state index is 12.6. The molecule has 21 heavy (non-hydrogen) atoms. The molecule has 6 heteroatoms. The Balaban J connectivity index is 2.38. The van der Waals surface area contributed by atoms with Crippen LogP contribution in [0.5, 0.6) is 0 Å². The third-order valence-electron chi connectivity index (χ3n) is 4.17. The molecule has 1 amide bonds. The minimum atomic E-state index is -3.84. The number of nitrogens with zero attached hydrogens (tertiary/aromatic N) is 1. The summed E-state index contributed by atoms with van der Waals surface area (Å²) in [5, 5.41) is 0. The molecule has 4 nitrogen and oxygen atoms in total. The Morgan fingerprint density at radius 1 is 1.33 bits per heavy atom. The summed E-state index contributed by atoms with van der Waals surface area (Å²) >= 11 is 0. The van der Waals surface area contributed by atoms with Gasteiger partial charge in [-0.1, -0.05) is 19.4 Å². The molecule has 1 aromatic rings. The normalized spacial score (nSPS) is 19.0. The van der Waals surface area contributed by atoms with E-state index in [1.807, 2.05) is 6.92 Å². The predicted octanol–water partition coefficient (Wildman–Crippen LogP) is 3.10. The van der Waals surface area contributed by atoms with Gasteiger partial charge in [0.2, 0.25) is 0 Å². The number of carbonyl (C=O) groups excluding carboxylic acids is 1. The smallest absolute Gasteiger partial charge is 0.261 e. The fourth-order valence-electron chi connectivity index (χ4n) is 2.85. The molecule has 0 aliphatic carbocycles. The van der Waals surface area contributed by atoms with Crippen molar-refractivity contribution in [3.05, 3.63) is 28.8 Å². The van der Waals surface area contributed by atoms with Crippen molar-refractivity contribution in [1.82, 2.24) is 4.90 Å². The van der Waals surface area contributed by atoms with Crippen LogP contribution in [0.15, 0.2) is 17.0 Å². The molecule has 1 unspecified atom stereocenters. The van der Waals surface area contributed by atoms with Gasteiger partial charge in [0, 0.05) is 29.3 Å². The van der Waals surface area contributed by atoms with Gasteiger partial charge in [0.15, 0.2) is 0 Å². The standard InChI is InChI=1S/C15H20ClNO3S/c1-4-12-5-6-17(9-12)15(18)13-8-14(21(16,19)20)11(3)7-10(13)2/h7-8,12H,4-6,9H2,1-3H3. The van der Waals surface area contributed by atoms with Crippen LogP contribution in [0.1, 0.15) is 41.3 Å². The van der Waals surface area contributed by atoms with Crippen molar-refractivity contribution in [3.8, 4) is 0 Å². The van der Waals surface area contributed by atoms with Crippen LogP contribution in [0, 0.1) is 19.8 Å². The predicted molar refractivity (Wildman–Crippen MR) is 83.3 cm³/mol. The Kier molecular flexibility index (Phi) is 4.63. The lowest BCUT2D eigenvalue weighted by Gasteiger charge is -2.18. The van der Waals surface area contributed by atoms with Crippen LogP contribution in [-0.2, 0) is 9.05 Å². The number of halogens is 1. The quantitative estimate of drug-likeness (QED) is 0.801. The molecule has 2 rings (SSSR count). The van der Waals surface area contributed by atoms with Crippen molar-refractivity contribution in [1.29, 1.82) is 0 Å². The molecule has 0 bridgehead atoms. The second-order valence-corrected chi connectivity index (χ2v) is 8.22. The van der Waals surface area contributed by atoms with E-state index in [2.05, 4.69) is 6.92 Å². The van der Waals surface area contributed by atoms with Gasteiger partial charge < -0.3 is 4.90 Å². The van der Waals surface area contributed by atoms with Crippen molar-refractivity contribution in [3.63, 3.8) is 0 Å². The maximum Gasteiger partial charge on any atom is 0.261 e. The van der Waals surface area contributed by atoms with E-state index in [9.17, 15) is 13.2 Å². The first-order valence-electron chi connectivity index (χ1n) is 7.09. The Bertz CT molecular complexity index is 670. The summed E-state index contributed by atoms with van der Waals surface area (Å²) in [6.45, 7) is 7.09. The minimum absolute atomic E-state index is 0.0179. The van der Waals surface area contributed by atoms with Crippen molar-refractivity contribution >= 4 is 25.6 Å². The SMILES string of the molecule is CCC1CCN(C(=O)c2cc(S(=O)(=O)Cl)c(C)cc2C)C1. The van der Waals surface area contributed by atoms with E-state index in [0.717, 1.165) is 31.5 Å². The summed E-state index contributed by atoms with van der Waals surface area (Å²) in [4.78, 5) is 14.4. The molecule has 0 radical (unpaired) electrons. The molecule has 1 aliphatic rings. The highest BCUT2D eigenvalue weighted by Gasteiger charge is 2.28. The van der Waals surface area contributed by atoms with Gasteiger partial charge in [-0.15, -0.1) is 0 Å². The molecule has 1 heterocycles. The number of hydrogen-bond donors (Lipinski definition) is 0. The average molecular weight is 330 g/mol. The van der Waals surface area contributed by atoms with Crippen LogP contribution >= 0.6 is 10.7 Å². The lowest BCUT2D eigenvalue weighted by atomic mass is 10.0. The highest BCUT2D eigenvalue weighted by Crippen LogP contribution is 2.27. The summed E-state index contributed by atoms with van der Waals surface area (Å²) in [7, 11) is 1.60. The summed E-state index contributed by atoms with van der Waals surface area (Å²) in [6, 6.07) is 3.12. The highest BCUT2D eigenvalue weighted by molar-refractivity contribution is 8.13. The van der Waals surface area contributed by atoms with Crippen molar-refractivity contribution in [2.24, 2.45) is 5.92 Å². The second-order valence-electron chi connectivity index (χ2n) is 5.68. The first kappa shape index (κ1) is 16.3. The van der Waals surface area contributed by atoms with E-state index in [-0.39, 0.29) is 10.8 Å². The van der Waals surface area contributed by atoms with Gasteiger partial charge in [0.25, 0.3) is 15.0 Å². The van der Waals surface area contributed by atoms with Crippen LogP contribution in [0.25, 0.3) is 0 Å². The molecule has 1 saturated heterocycles. The van der Waals surface area contributed by atoms with Gasteiger partial charge in [-0.3, -0.25) is 4.79 Å². The molecule has 1 atom stereocenters. The molecular weight excluding hydrogens is 310 g/mol. The number of hydrogen-bond acceptors (Lipinski definition) is 3. The van der Waals surface area contributed by atoms with Crippen LogP contribution < -0.4 is 0 Å². The third-order valence-corrected chi connectivity index (χ3v) is 5.63. The van der Waals surface area contributed by atoms with Gasteiger partial charge in [-0.25, -0.2) is 8.42 Å². The van der Waals surface area contributed by atoms with Gasteiger partial charge in [-0.05, 0) is 43.4 Å². The number of carbonyl (C=O) groups is 1. The maximum absolute atomic E-state index is 12.6. The van der Waals surface area contributed by atoms with E-state index in [0.29, 0.717) is 17.0 Å². The molecule has 1 aromatic carbocycles. The Morgan fingerprint density at radius 2 is 2.00 bits per heavy atom. The number of aryl methyl sites for hydroxylation is 2. The second kappa shape index (κ2) is 5.97. The van der Waals surface area contributed by atoms with Crippen molar-refractivity contribution in [2.45, 2.75) is 38.5 Å². The molecule has 0 aromatic heterocycles. The first-order valence-corrected chi connectivity index (χ1v) is 9.40. The molecule has 0 N–H and O–H groups in total. The average Bonchev–Trinajstić information content (AvgIpc) is 2.85. The molecule has 0 spiro atoms. The van der Waals surface area contributed by atoms with Gasteiger partial charge in [0.1, 0.15) is 0 Å². The Labute approximate surface area is 130 Å². The number of likely N-dealkylation sites (tertiary alicyclic amines) is 1. The summed E-state index contributed by atoms with van der Waals surface area (Å²) < 4.78 is 23.2. The largest absolute Gasteiger partial charge is 0.338 e. The lowest BCUT2D eigenvalue weighted by molar-refractivity contribution is 0.0786. The zero-order valence-corrected chi connectivity index (χ0v) is 14.1. The molecule has 0 saturated carbocycles. The van der Waals surface area contributed by atoms with E-state index >= 15 is 0 Å². The monoisotopic (exact) mass is 329 g/mol. The third kappa shape index (κ3) is 3.40. The zero-order valence-electron chi connectivity index (χ0n) is 12.5. The first-order chi connectivity index (χ1) is 9.74. The summed E-state index contributed by atoms with van der Waals surface area (Å²) in [6.07, 6.45) is 2.06. The fourth-order valence-corrected chi connectivity index (χ4v) is 4.05. The number of rotatable bonds is 3. The lowest BCUT2D eigenvalue weighted by Crippen LogP contribution is -2.29. The van der Waals surface area contributed by atoms with E-state index in [1.54, 1.807) is 17.9 Å². The van der Waals surface area contributed by atoms with Crippen LogP contribution in [0.3, 0.4) is 0 Å². The Hall–Kier alpha value is -1.07. The highest BCUT2D eigenvalue weighted by atomic mass is 35.7. The van der Waals surface area contributed by atoms with Gasteiger partial charge in [-0.2, -0.15) is 0 Å². The number of amides is 1. The van der Waals surface area contributed by atoms with Crippen LogP contribution in [0.2, 0.25) is 0 Å². The number of benzene rings is 1. The molecular formula is C15H20ClNO3S. The molecule has 1 fully saturated rings. The van der Waals surface area contributed by atoms with Crippen LogP contribution in [0.4, 0.5) is 0 Å². The molecule has 116 valence electrons. The van der Waals surface area contributed by atoms with Crippen LogP contribution in [-0.4, -0.2) is 32.3 Å². The minimum Gasteiger partial charge on any atom is -0.338 e.